The van der Waals surface area contributed by atoms with Crippen molar-refractivity contribution in [3.05, 3.63) is 11.8 Å². The summed E-state index contributed by atoms with van der Waals surface area (Å²) in [5.74, 6) is -3.08. The van der Waals surface area contributed by atoms with Crippen molar-refractivity contribution in [1.29, 1.82) is 0 Å². The predicted octanol–water partition coefficient (Wildman–Crippen LogP) is 1.74. The second kappa shape index (κ2) is 4.05. The Morgan fingerprint density at radius 3 is 2.35 bits per heavy atom. The third-order valence-electron chi connectivity index (χ3n) is 2.10. The van der Waals surface area contributed by atoms with Crippen LogP contribution in [-0.4, -0.2) is 29.6 Å². The van der Waals surface area contributed by atoms with Gasteiger partial charge in [0, 0.05) is 13.0 Å². The molecule has 0 aromatic rings. The predicted molar refractivity (Wildman–Crippen MR) is 49.9 cm³/mol. The van der Waals surface area contributed by atoms with E-state index in [1.807, 2.05) is 0 Å². The Labute approximate surface area is 95.4 Å². The molecule has 0 radical (unpaired) electrons. The molecule has 1 heterocycles. The van der Waals surface area contributed by atoms with Gasteiger partial charge in [0.1, 0.15) is 5.60 Å². The Kier molecular flexibility index (Phi) is 3.22. The highest BCUT2D eigenvalue weighted by atomic mass is 19.4. The van der Waals surface area contributed by atoms with Gasteiger partial charge in [-0.05, 0) is 13.8 Å². The lowest BCUT2D eigenvalue weighted by Crippen LogP contribution is -2.50. The SMILES string of the molecule is CC(=O)OC1C(=O)C=C(C(F)(F)F)OC1(C)C. The first-order valence-corrected chi connectivity index (χ1v) is 4.73. The lowest BCUT2D eigenvalue weighted by atomic mass is 9.94. The standard InChI is InChI=1S/C10H11F3O4/c1-5(14)16-8-6(15)4-7(10(11,12)13)17-9(8,2)3/h4,8H,1-3H3. The van der Waals surface area contributed by atoms with Crippen LogP contribution in [0.1, 0.15) is 20.8 Å². The van der Waals surface area contributed by atoms with E-state index in [1.165, 1.54) is 13.8 Å². The Morgan fingerprint density at radius 2 is 2.00 bits per heavy atom. The van der Waals surface area contributed by atoms with Gasteiger partial charge < -0.3 is 9.47 Å². The van der Waals surface area contributed by atoms with E-state index < -0.39 is 35.4 Å². The molecular weight excluding hydrogens is 241 g/mol. The molecule has 17 heavy (non-hydrogen) atoms. The maximum absolute atomic E-state index is 12.4. The summed E-state index contributed by atoms with van der Waals surface area (Å²) in [6.45, 7) is 3.56. The van der Waals surface area contributed by atoms with Crippen LogP contribution in [0.25, 0.3) is 0 Å². The lowest BCUT2D eigenvalue weighted by molar-refractivity contribution is -0.192. The van der Waals surface area contributed by atoms with E-state index in [-0.39, 0.29) is 0 Å². The van der Waals surface area contributed by atoms with Crippen molar-refractivity contribution in [2.75, 3.05) is 0 Å². The van der Waals surface area contributed by atoms with E-state index in [9.17, 15) is 22.8 Å². The molecule has 0 saturated heterocycles. The highest BCUT2D eigenvalue weighted by Crippen LogP contribution is 2.36. The van der Waals surface area contributed by atoms with E-state index in [1.54, 1.807) is 0 Å². The molecule has 0 N–H and O–H groups in total. The largest absolute Gasteiger partial charge is 0.478 e. The summed E-state index contributed by atoms with van der Waals surface area (Å²) < 4.78 is 46.5. The van der Waals surface area contributed by atoms with E-state index in [4.69, 9.17) is 0 Å². The number of carbonyl (C=O) groups is 2. The maximum atomic E-state index is 12.4. The first kappa shape index (κ1) is 13.5. The molecule has 1 aliphatic rings. The van der Waals surface area contributed by atoms with Gasteiger partial charge in [-0.2, -0.15) is 13.2 Å². The van der Waals surface area contributed by atoms with Gasteiger partial charge in [-0.15, -0.1) is 0 Å². The summed E-state index contributed by atoms with van der Waals surface area (Å²) in [4.78, 5) is 22.2. The highest BCUT2D eigenvalue weighted by molar-refractivity contribution is 5.97. The summed E-state index contributed by atoms with van der Waals surface area (Å²) in [6.07, 6.45) is -5.81. The monoisotopic (exact) mass is 252 g/mol. The topological polar surface area (TPSA) is 52.6 Å². The Balaban J connectivity index is 3.05. The molecule has 1 rings (SSSR count). The number of rotatable bonds is 1. The highest BCUT2D eigenvalue weighted by Gasteiger charge is 2.49. The van der Waals surface area contributed by atoms with Crippen LogP contribution in [0.2, 0.25) is 0 Å². The van der Waals surface area contributed by atoms with Crippen molar-refractivity contribution in [3.8, 4) is 0 Å². The fourth-order valence-electron chi connectivity index (χ4n) is 1.42. The van der Waals surface area contributed by atoms with Crippen LogP contribution in [0.5, 0.6) is 0 Å². The average Bonchev–Trinajstić information content (AvgIpc) is 2.08. The van der Waals surface area contributed by atoms with Gasteiger partial charge in [0.2, 0.25) is 17.6 Å². The molecule has 7 heteroatoms. The fraction of sp³-hybridized carbons (Fsp3) is 0.600. The van der Waals surface area contributed by atoms with Crippen LogP contribution >= 0.6 is 0 Å². The van der Waals surface area contributed by atoms with Crippen molar-refractivity contribution in [3.63, 3.8) is 0 Å². The quantitative estimate of drug-likeness (QED) is 0.667. The number of carbonyl (C=O) groups excluding carboxylic acids is 2. The third-order valence-corrected chi connectivity index (χ3v) is 2.10. The minimum atomic E-state index is -4.74. The molecule has 1 aliphatic heterocycles. The summed E-state index contributed by atoms with van der Waals surface area (Å²) >= 11 is 0. The summed E-state index contributed by atoms with van der Waals surface area (Å²) in [7, 11) is 0. The minimum Gasteiger partial charge on any atom is -0.478 e. The first-order valence-electron chi connectivity index (χ1n) is 4.73. The Morgan fingerprint density at radius 1 is 1.47 bits per heavy atom. The van der Waals surface area contributed by atoms with E-state index in [2.05, 4.69) is 9.47 Å². The van der Waals surface area contributed by atoms with Crippen LogP contribution in [0.3, 0.4) is 0 Å². The van der Waals surface area contributed by atoms with Crippen molar-refractivity contribution in [2.24, 2.45) is 0 Å². The van der Waals surface area contributed by atoms with Gasteiger partial charge in [-0.25, -0.2) is 0 Å². The molecule has 96 valence electrons. The molecule has 1 atom stereocenters. The molecule has 1 unspecified atom stereocenters. The van der Waals surface area contributed by atoms with Crippen LogP contribution < -0.4 is 0 Å². The number of esters is 1. The second-order valence-corrected chi connectivity index (χ2v) is 4.10. The summed E-state index contributed by atoms with van der Waals surface area (Å²) in [6, 6.07) is 0. The Bertz CT molecular complexity index is 382. The van der Waals surface area contributed by atoms with Gasteiger partial charge in [0.15, 0.2) is 0 Å². The van der Waals surface area contributed by atoms with Crippen molar-refractivity contribution in [2.45, 2.75) is 38.7 Å². The molecular formula is C10H11F3O4. The number of halogens is 3. The molecule has 0 saturated carbocycles. The van der Waals surface area contributed by atoms with Crippen molar-refractivity contribution < 1.29 is 32.2 Å². The first-order chi connectivity index (χ1) is 7.54. The normalized spacial score (nSPS) is 23.8. The van der Waals surface area contributed by atoms with E-state index in [0.29, 0.717) is 6.08 Å². The number of hydrogen-bond donors (Lipinski definition) is 0. The molecule has 4 nitrogen and oxygen atoms in total. The van der Waals surface area contributed by atoms with Crippen LogP contribution in [0.15, 0.2) is 11.8 Å². The zero-order valence-corrected chi connectivity index (χ0v) is 9.42. The molecule has 0 fully saturated rings. The van der Waals surface area contributed by atoms with Crippen LogP contribution in [0, 0.1) is 0 Å². The van der Waals surface area contributed by atoms with Gasteiger partial charge >= 0.3 is 12.1 Å². The minimum absolute atomic E-state index is 0.304. The van der Waals surface area contributed by atoms with Gasteiger partial charge in [0.05, 0.1) is 0 Å². The number of alkyl halides is 3. The molecule has 0 bridgehead atoms. The zero-order chi connectivity index (χ0) is 13.4. The maximum Gasteiger partial charge on any atom is 0.449 e. The molecule has 0 spiro atoms. The molecule has 0 aliphatic carbocycles. The summed E-state index contributed by atoms with van der Waals surface area (Å²) in [5, 5.41) is 0. The van der Waals surface area contributed by atoms with Crippen molar-refractivity contribution >= 4 is 11.8 Å². The number of ketones is 1. The van der Waals surface area contributed by atoms with Gasteiger partial charge in [-0.1, -0.05) is 0 Å². The lowest BCUT2D eigenvalue weighted by Gasteiger charge is -2.36. The molecule has 0 aromatic heterocycles. The van der Waals surface area contributed by atoms with E-state index >= 15 is 0 Å². The summed E-state index contributed by atoms with van der Waals surface area (Å²) in [5.41, 5.74) is -1.55. The van der Waals surface area contributed by atoms with Gasteiger partial charge in [0.25, 0.3) is 0 Å². The van der Waals surface area contributed by atoms with E-state index in [0.717, 1.165) is 6.92 Å². The number of allylic oxidation sites excluding steroid dienone is 1. The average molecular weight is 252 g/mol. The second-order valence-electron chi connectivity index (χ2n) is 4.10. The zero-order valence-electron chi connectivity index (χ0n) is 9.42. The van der Waals surface area contributed by atoms with Gasteiger partial charge in [-0.3, -0.25) is 9.59 Å². The Hall–Kier alpha value is -1.53. The fourth-order valence-corrected chi connectivity index (χ4v) is 1.42. The van der Waals surface area contributed by atoms with Crippen molar-refractivity contribution in [1.82, 2.24) is 0 Å². The molecule has 0 amide bonds. The molecule has 0 aromatic carbocycles. The smallest absolute Gasteiger partial charge is 0.449 e. The number of hydrogen-bond acceptors (Lipinski definition) is 4. The third kappa shape index (κ3) is 2.98. The number of ether oxygens (including phenoxy) is 2. The van der Waals surface area contributed by atoms with Crippen LogP contribution in [-0.2, 0) is 19.1 Å². The van der Waals surface area contributed by atoms with Crippen LogP contribution in [0.4, 0.5) is 13.2 Å².